The van der Waals surface area contributed by atoms with Gasteiger partial charge in [-0.1, -0.05) is 316 Å². The van der Waals surface area contributed by atoms with Crippen molar-refractivity contribution in [3.8, 4) is 0 Å². The Morgan fingerprint density at radius 2 is 0.515 bits per heavy atom. The third-order valence-corrected chi connectivity index (χ3v) is 19.1. The maximum absolute atomic E-state index is 13.0. The molecule has 0 amide bonds. The molecule has 0 saturated carbocycles. The number of phosphoric ester groups is 2. The summed E-state index contributed by atoms with van der Waals surface area (Å²) in [6, 6.07) is 0. The van der Waals surface area contributed by atoms with Crippen LogP contribution < -0.4 is 0 Å². The maximum Gasteiger partial charge on any atom is 0.472 e. The molecule has 18 heteroatoms. The zero-order valence-corrected chi connectivity index (χ0v) is 66.7. The maximum atomic E-state index is 13.0. The monoisotopic (exact) mass is 1490 g/mol. The molecule has 0 heterocycles. The van der Waals surface area contributed by atoms with E-state index in [1.165, 1.54) is 116 Å². The van der Waals surface area contributed by atoms with Crippen molar-refractivity contribution in [2.45, 2.75) is 360 Å². The van der Waals surface area contributed by atoms with Gasteiger partial charge in [0.25, 0.3) is 0 Å². The molecular weight excluding hydrogens is 1340 g/mol. The molecule has 4 N–H and O–H groups in total. The van der Waals surface area contributed by atoms with Crippen molar-refractivity contribution in [3.05, 3.63) is 122 Å². The number of phosphoric acid groups is 2. The number of hydrogen-bond donors (Lipinski definition) is 4. The molecule has 16 nitrogen and oxygen atoms in total. The fourth-order valence-electron chi connectivity index (χ4n) is 11.0. The molecule has 5 unspecified atom stereocenters. The molecule has 0 aliphatic carbocycles. The molecule has 103 heavy (non-hydrogen) atoms. The lowest BCUT2D eigenvalue weighted by Gasteiger charge is -2.21. The highest BCUT2D eigenvalue weighted by Crippen LogP contribution is 2.45. The summed E-state index contributed by atoms with van der Waals surface area (Å²) in [5, 5.41) is 20.7. The molecule has 0 bridgehead atoms. The quantitative estimate of drug-likeness (QED) is 0.0146. The molecule has 0 radical (unpaired) electrons. The number of aliphatic hydroxyl groups excluding tert-OH is 2. The molecule has 0 aromatic rings. The van der Waals surface area contributed by atoms with Crippen LogP contribution in [-0.2, 0) is 55.8 Å². The zero-order chi connectivity index (χ0) is 75.2. The largest absolute Gasteiger partial charge is 0.472 e. The molecule has 0 saturated heterocycles. The molecule has 0 aromatic carbocycles. The van der Waals surface area contributed by atoms with Gasteiger partial charge in [-0.05, 0) is 128 Å². The van der Waals surface area contributed by atoms with Gasteiger partial charge in [-0.15, -0.1) is 0 Å². The van der Waals surface area contributed by atoms with Crippen LogP contribution >= 0.6 is 15.6 Å². The molecule has 5 atom stereocenters. The SMILES string of the molecule is CC/C=C\C/C=C\C/C=C\CCCCCCCCCC(=O)OCC(COP(=O)(O)OCC(O)COP(=O)(O)OCC(O)COC(=O)CCCCCCCCCCCCCCCCCCC/C=C\C/C=C\C/C=C\C/C=C\CCCCC)OC(=O)CCCCCCCCC/C=C\C/C=C\C/C=C\CC. The van der Waals surface area contributed by atoms with Gasteiger partial charge in [0.05, 0.1) is 26.4 Å². The van der Waals surface area contributed by atoms with Gasteiger partial charge >= 0.3 is 33.6 Å². The highest BCUT2D eigenvalue weighted by molar-refractivity contribution is 7.47. The number of esters is 3. The van der Waals surface area contributed by atoms with Gasteiger partial charge in [0.1, 0.15) is 25.4 Å². The summed E-state index contributed by atoms with van der Waals surface area (Å²) in [6.07, 6.45) is 92.6. The van der Waals surface area contributed by atoms with Gasteiger partial charge in [0, 0.05) is 19.3 Å². The third-order valence-electron chi connectivity index (χ3n) is 17.2. The van der Waals surface area contributed by atoms with Crippen LogP contribution in [0.4, 0.5) is 0 Å². The van der Waals surface area contributed by atoms with E-state index in [0.717, 1.165) is 167 Å². The van der Waals surface area contributed by atoms with Crippen molar-refractivity contribution in [3.63, 3.8) is 0 Å². The molecule has 0 fully saturated rings. The minimum absolute atomic E-state index is 0.0896. The van der Waals surface area contributed by atoms with Crippen molar-refractivity contribution >= 4 is 33.6 Å². The number of unbranched alkanes of at least 4 members (excludes halogenated alkanes) is 34. The average Bonchev–Trinajstić information content (AvgIpc) is 0.918. The minimum atomic E-state index is -4.94. The van der Waals surface area contributed by atoms with Crippen LogP contribution in [0, 0.1) is 0 Å². The highest BCUT2D eigenvalue weighted by Gasteiger charge is 2.29. The Kier molecular flexibility index (Phi) is 74.5. The van der Waals surface area contributed by atoms with Crippen molar-refractivity contribution in [1.82, 2.24) is 0 Å². The standard InChI is InChI=1S/C85H148O16P2/c1-4-7-10-13-16-19-22-25-28-31-32-33-34-35-36-37-38-39-40-41-42-43-44-45-46-49-51-53-56-59-62-65-68-71-83(88)95-74-80(86)75-97-102(91,92)98-76-81(87)77-99-103(93,94)100-79-82(101-85(90)73-70-67-64-61-58-55-52-48-30-27-24-21-18-15-12-9-6-3)78-96-84(89)72-69-66-63-60-57-54-50-47-29-26-23-20-17-14-11-8-5-2/h8-9,11-12,16-21,25-30,32-33,35-36,80-82,86-87H,4-7,10,13-15,22-24,31,34,37-79H2,1-3H3,(H,91,92)(H,93,94)/b11-8-,12-9-,19-16-,20-17-,21-18-,28-25-,29-26-,30-27-,33-32-,36-35-. The highest BCUT2D eigenvalue weighted by atomic mass is 31.2. The van der Waals surface area contributed by atoms with E-state index in [4.69, 9.17) is 32.3 Å². The van der Waals surface area contributed by atoms with E-state index < -0.39 is 91.5 Å². The summed E-state index contributed by atoms with van der Waals surface area (Å²) >= 11 is 0. The van der Waals surface area contributed by atoms with Gasteiger partial charge in [-0.3, -0.25) is 32.5 Å². The van der Waals surface area contributed by atoms with Crippen LogP contribution in [0.2, 0.25) is 0 Å². The number of allylic oxidation sites excluding steroid dienone is 20. The van der Waals surface area contributed by atoms with Crippen LogP contribution in [0.5, 0.6) is 0 Å². The smallest absolute Gasteiger partial charge is 0.463 e. The lowest BCUT2D eigenvalue weighted by atomic mass is 10.0. The summed E-state index contributed by atoms with van der Waals surface area (Å²) in [4.78, 5) is 58.7. The van der Waals surface area contributed by atoms with Crippen molar-refractivity contribution in [1.29, 1.82) is 0 Å². The normalized spacial score (nSPS) is 14.6. The predicted octanol–water partition coefficient (Wildman–Crippen LogP) is 24.1. The van der Waals surface area contributed by atoms with E-state index in [2.05, 4.69) is 142 Å². The second-order valence-corrected chi connectivity index (χ2v) is 30.1. The topological polar surface area (TPSA) is 231 Å². The van der Waals surface area contributed by atoms with Gasteiger partial charge in [-0.2, -0.15) is 0 Å². The number of carbonyl (C=O) groups is 3. The number of aliphatic hydroxyl groups is 2. The predicted molar refractivity (Wildman–Crippen MR) is 427 cm³/mol. The Balaban J connectivity index is 4.44. The number of carbonyl (C=O) groups excluding carboxylic acids is 3. The number of ether oxygens (including phenoxy) is 3. The van der Waals surface area contributed by atoms with Gasteiger partial charge in [0.15, 0.2) is 6.10 Å². The van der Waals surface area contributed by atoms with Crippen molar-refractivity contribution in [2.24, 2.45) is 0 Å². The molecule has 0 aromatic heterocycles. The Hall–Kier alpha value is -4.05. The van der Waals surface area contributed by atoms with Crippen LogP contribution in [0.1, 0.15) is 342 Å². The van der Waals surface area contributed by atoms with Crippen LogP contribution in [0.15, 0.2) is 122 Å². The fourth-order valence-corrected chi connectivity index (χ4v) is 12.6. The molecule has 0 aliphatic heterocycles. The minimum Gasteiger partial charge on any atom is -0.463 e. The third kappa shape index (κ3) is 78.8. The summed E-state index contributed by atoms with van der Waals surface area (Å²) in [5.41, 5.74) is 0. The fraction of sp³-hybridized carbons (Fsp3) is 0.729. The van der Waals surface area contributed by atoms with Crippen molar-refractivity contribution in [2.75, 3.05) is 39.6 Å². The number of hydrogen-bond acceptors (Lipinski definition) is 14. The molecular formula is C85H148O16P2. The number of rotatable bonds is 77. The Bertz CT molecular complexity index is 2360. The van der Waals surface area contributed by atoms with E-state index in [-0.39, 0.29) is 19.3 Å². The van der Waals surface area contributed by atoms with E-state index in [1.807, 2.05) is 0 Å². The first-order chi connectivity index (χ1) is 50.2. The summed E-state index contributed by atoms with van der Waals surface area (Å²) in [7, 11) is -9.79. The van der Waals surface area contributed by atoms with E-state index in [1.54, 1.807) is 0 Å². The second-order valence-electron chi connectivity index (χ2n) is 27.2. The molecule has 0 rings (SSSR count). The summed E-state index contributed by atoms with van der Waals surface area (Å²) < 4.78 is 61.2. The second kappa shape index (κ2) is 77.6. The average molecular weight is 1490 g/mol. The Labute approximate surface area is 627 Å². The summed E-state index contributed by atoms with van der Waals surface area (Å²) in [6.45, 7) is 2.44. The first-order valence-electron chi connectivity index (χ1n) is 40.8. The van der Waals surface area contributed by atoms with E-state index in [0.29, 0.717) is 19.3 Å². The zero-order valence-electron chi connectivity index (χ0n) is 65.0. The van der Waals surface area contributed by atoms with Crippen LogP contribution in [0.3, 0.4) is 0 Å². The Morgan fingerprint density at radius 1 is 0.282 bits per heavy atom. The Morgan fingerprint density at radius 3 is 0.816 bits per heavy atom. The molecule has 0 spiro atoms. The van der Waals surface area contributed by atoms with Crippen LogP contribution in [-0.4, -0.2) is 95.9 Å². The van der Waals surface area contributed by atoms with Gasteiger partial charge in [0.2, 0.25) is 0 Å². The van der Waals surface area contributed by atoms with E-state index >= 15 is 0 Å². The van der Waals surface area contributed by atoms with Gasteiger partial charge < -0.3 is 34.2 Å². The van der Waals surface area contributed by atoms with Crippen molar-refractivity contribution < 1.29 is 75.8 Å². The lowest BCUT2D eigenvalue weighted by molar-refractivity contribution is -0.161. The van der Waals surface area contributed by atoms with Crippen LogP contribution in [0.25, 0.3) is 0 Å². The van der Waals surface area contributed by atoms with E-state index in [9.17, 15) is 43.5 Å². The molecule has 0 aliphatic rings. The lowest BCUT2D eigenvalue weighted by Crippen LogP contribution is -2.30. The first kappa shape index (κ1) is 98.9. The molecule has 594 valence electrons. The summed E-state index contributed by atoms with van der Waals surface area (Å²) in [5.74, 6) is -1.59. The first-order valence-corrected chi connectivity index (χ1v) is 43.8. The van der Waals surface area contributed by atoms with Gasteiger partial charge in [-0.25, -0.2) is 9.13 Å².